The number of hydrogen-bond acceptors (Lipinski definition) is 6. The smallest absolute Gasteiger partial charge is 0.241 e. The van der Waals surface area contributed by atoms with Gasteiger partial charge in [0, 0.05) is 36.8 Å². The lowest BCUT2D eigenvalue weighted by Gasteiger charge is -2.34. The number of methoxy groups -OCH3 is 1. The number of halogens is 1. The van der Waals surface area contributed by atoms with Crippen LogP contribution in [0.3, 0.4) is 0 Å². The third-order valence-corrected chi connectivity index (χ3v) is 5.42. The zero-order valence-corrected chi connectivity index (χ0v) is 17.5. The van der Waals surface area contributed by atoms with E-state index in [1.165, 1.54) is 0 Å². The summed E-state index contributed by atoms with van der Waals surface area (Å²) in [5.41, 5.74) is 1.85. The Labute approximate surface area is 180 Å². The predicted octanol–water partition coefficient (Wildman–Crippen LogP) is 3.29. The van der Waals surface area contributed by atoms with Gasteiger partial charge in [-0.05, 0) is 42.0 Å². The van der Waals surface area contributed by atoms with Crippen LogP contribution < -0.4 is 4.74 Å². The fraction of sp³-hybridized carbons (Fsp3) is 0.318. The normalized spacial score (nSPS) is 14.7. The van der Waals surface area contributed by atoms with E-state index < -0.39 is 0 Å². The minimum Gasteiger partial charge on any atom is -0.497 e. The molecule has 1 aliphatic heterocycles. The van der Waals surface area contributed by atoms with Crippen LogP contribution in [-0.2, 0) is 17.8 Å². The lowest BCUT2D eigenvalue weighted by Crippen LogP contribution is -2.48. The molecule has 0 bridgehead atoms. The summed E-state index contributed by atoms with van der Waals surface area (Å²) in [6, 6.07) is 15.0. The second kappa shape index (κ2) is 9.28. The highest BCUT2D eigenvalue weighted by molar-refractivity contribution is 6.30. The topological polar surface area (TPSA) is 71.7 Å². The molecule has 156 valence electrons. The van der Waals surface area contributed by atoms with Gasteiger partial charge in [-0.3, -0.25) is 9.69 Å². The van der Waals surface area contributed by atoms with Gasteiger partial charge in [0.05, 0.1) is 20.1 Å². The molecule has 0 spiro atoms. The Morgan fingerprint density at radius 3 is 2.43 bits per heavy atom. The lowest BCUT2D eigenvalue weighted by atomic mass is 10.1. The monoisotopic (exact) mass is 426 g/mol. The zero-order valence-electron chi connectivity index (χ0n) is 16.8. The summed E-state index contributed by atoms with van der Waals surface area (Å²) in [4.78, 5) is 21.2. The molecule has 1 fully saturated rings. The van der Waals surface area contributed by atoms with E-state index in [2.05, 4.69) is 15.0 Å². The van der Waals surface area contributed by atoms with E-state index >= 15 is 0 Å². The minimum atomic E-state index is 0.141. The van der Waals surface area contributed by atoms with Crippen LogP contribution in [0.2, 0.25) is 5.02 Å². The molecule has 0 unspecified atom stereocenters. The van der Waals surface area contributed by atoms with Gasteiger partial charge in [-0.25, -0.2) is 0 Å². The van der Waals surface area contributed by atoms with Gasteiger partial charge in [0.2, 0.25) is 17.6 Å². The predicted molar refractivity (Wildman–Crippen MR) is 113 cm³/mol. The fourth-order valence-electron chi connectivity index (χ4n) is 3.41. The number of ether oxygens (including phenoxy) is 1. The van der Waals surface area contributed by atoms with E-state index in [0.717, 1.165) is 30.0 Å². The number of benzene rings is 2. The van der Waals surface area contributed by atoms with Crippen molar-refractivity contribution in [3.63, 3.8) is 0 Å². The number of nitrogens with zero attached hydrogens (tertiary/aromatic N) is 4. The Kier molecular flexibility index (Phi) is 6.30. The Morgan fingerprint density at radius 1 is 1.07 bits per heavy atom. The van der Waals surface area contributed by atoms with Gasteiger partial charge in [-0.2, -0.15) is 4.98 Å². The SMILES string of the molecule is COc1ccc(CC(=O)N2CCN(Cc3nc(-c4ccc(Cl)cc4)no3)CC2)cc1. The third-order valence-electron chi connectivity index (χ3n) is 5.17. The quantitative estimate of drug-likeness (QED) is 0.602. The van der Waals surface area contributed by atoms with E-state index in [1.54, 1.807) is 19.2 Å². The highest BCUT2D eigenvalue weighted by Crippen LogP contribution is 2.19. The van der Waals surface area contributed by atoms with Crippen LogP contribution in [-0.4, -0.2) is 59.1 Å². The Morgan fingerprint density at radius 2 is 1.77 bits per heavy atom. The van der Waals surface area contributed by atoms with E-state index in [1.807, 2.05) is 41.3 Å². The Balaban J connectivity index is 1.27. The molecule has 0 saturated carbocycles. The first-order valence-electron chi connectivity index (χ1n) is 9.82. The largest absolute Gasteiger partial charge is 0.497 e. The van der Waals surface area contributed by atoms with E-state index in [-0.39, 0.29) is 5.91 Å². The van der Waals surface area contributed by atoms with Crippen LogP contribution in [0.1, 0.15) is 11.5 Å². The number of carbonyl (C=O) groups excluding carboxylic acids is 1. The van der Waals surface area contributed by atoms with Crippen LogP contribution in [0.25, 0.3) is 11.4 Å². The number of hydrogen-bond donors (Lipinski definition) is 0. The number of aromatic nitrogens is 2. The Hall–Kier alpha value is -2.90. The summed E-state index contributed by atoms with van der Waals surface area (Å²) in [7, 11) is 1.63. The first-order valence-corrected chi connectivity index (χ1v) is 10.2. The molecule has 0 atom stereocenters. The van der Waals surface area contributed by atoms with Crippen LogP contribution in [0.4, 0.5) is 0 Å². The maximum Gasteiger partial charge on any atom is 0.241 e. The molecule has 1 aliphatic rings. The summed E-state index contributed by atoms with van der Waals surface area (Å²) >= 11 is 5.92. The fourth-order valence-corrected chi connectivity index (χ4v) is 3.54. The average Bonchev–Trinajstić information content (AvgIpc) is 3.23. The zero-order chi connectivity index (χ0) is 20.9. The number of carbonyl (C=O) groups is 1. The molecule has 4 rings (SSSR count). The molecule has 0 aliphatic carbocycles. The Bertz CT molecular complexity index is 980. The van der Waals surface area contributed by atoms with Gasteiger partial charge in [-0.15, -0.1) is 0 Å². The van der Waals surface area contributed by atoms with E-state index in [9.17, 15) is 4.79 Å². The molecule has 7 nitrogen and oxygen atoms in total. The van der Waals surface area contributed by atoms with Crippen molar-refractivity contribution < 1.29 is 14.1 Å². The van der Waals surface area contributed by atoms with Gasteiger partial charge >= 0.3 is 0 Å². The van der Waals surface area contributed by atoms with E-state index in [4.69, 9.17) is 20.9 Å². The molecule has 8 heteroatoms. The minimum absolute atomic E-state index is 0.141. The maximum absolute atomic E-state index is 12.6. The summed E-state index contributed by atoms with van der Waals surface area (Å²) in [5.74, 6) is 2.05. The van der Waals surface area contributed by atoms with Crippen molar-refractivity contribution in [2.24, 2.45) is 0 Å². The standard InChI is InChI=1S/C22H23ClN4O3/c1-29-19-8-2-16(3-9-19)14-21(28)27-12-10-26(11-13-27)15-20-24-22(25-30-20)17-4-6-18(23)7-5-17/h2-9H,10-15H2,1H3. The van der Waals surface area contributed by atoms with Crippen molar-refractivity contribution in [2.45, 2.75) is 13.0 Å². The summed E-state index contributed by atoms with van der Waals surface area (Å²) < 4.78 is 10.6. The van der Waals surface area contributed by atoms with Crippen LogP contribution >= 0.6 is 11.6 Å². The molecule has 1 aromatic heterocycles. The molecule has 0 N–H and O–H groups in total. The van der Waals surface area contributed by atoms with Crippen molar-refractivity contribution in [3.8, 4) is 17.1 Å². The van der Waals surface area contributed by atoms with Crippen LogP contribution in [0.5, 0.6) is 5.75 Å². The second-order valence-electron chi connectivity index (χ2n) is 7.20. The number of rotatable bonds is 6. The molecular formula is C22H23ClN4O3. The molecule has 2 aromatic carbocycles. The van der Waals surface area contributed by atoms with Crippen molar-refractivity contribution in [1.82, 2.24) is 19.9 Å². The maximum atomic E-state index is 12.6. The summed E-state index contributed by atoms with van der Waals surface area (Å²) in [5, 5.41) is 4.72. The van der Waals surface area contributed by atoms with Crippen LogP contribution in [0.15, 0.2) is 53.1 Å². The molecule has 1 amide bonds. The highest BCUT2D eigenvalue weighted by atomic mass is 35.5. The lowest BCUT2D eigenvalue weighted by molar-refractivity contribution is -0.132. The number of piperazine rings is 1. The second-order valence-corrected chi connectivity index (χ2v) is 7.64. The molecule has 30 heavy (non-hydrogen) atoms. The van der Waals surface area contributed by atoms with E-state index in [0.29, 0.717) is 42.8 Å². The van der Waals surface area contributed by atoms with Crippen molar-refractivity contribution in [3.05, 3.63) is 65.0 Å². The first-order chi connectivity index (χ1) is 14.6. The van der Waals surface area contributed by atoms with Gasteiger partial charge in [0.15, 0.2) is 0 Å². The average molecular weight is 427 g/mol. The van der Waals surface area contributed by atoms with Gasteiger partial charge in [0.25, 0.3) is 0 Å². The molecule has 3 aromatic rings. The van der Waals surface area contributed by atoms with Gasteiger partial charge < -0.3 is 14.2 Å². The number of amides is 1. The van der Waals surface area contributed by atoms with Crippen LogP contribution in [0, 0.1) is 0 Å². The van der Waals surface area contributed by atoms with Crippen molar-refractivity contribution >= 4 is 17.5 Å². The van der Waals surface area contributed by atoms with Gasteiger partial charge in [0.1, 0.15) is 5.75 Å². The summed E-state index contributed by atoms with van der Waals surface area (Å²) in [6.07, 6.45) is 0.401. The van der Waals surface area contributed by atoms with Crippen molar-refractivity contribution in [1.29, 1.82) is 0 Å². The third kappa shape index (κ3) is 4.98. The molecule has 2 heterocycles. The highest BCUT2D eigenvalue weighted by Gasteiger charge is 2.22. The molecule has 0 radical (unpaired) electrons. The first kappa shape index (κ1) is 20.4. The molecular weight excluding hydrogens is 404 g/mol. The summed E-state index contributed by atoms with van der Waals surface area (Å²) in [6.45, 7) is 3.49. The molecule has 1 saturated heterocycles. The van der Waals surface area contributed by atoms with Crippen molar-refractivity contribution in [2.75, 3.05) is 33.3 Å². The van der Waals surface area contributed by atoms with Gasteiger partial charge in [-0.1, -0.05) is 28.9 Å².